The van der Waals surface area contributed by atoms with Gasteiger partial charge in [-0.15, -0.1) is 0 Å². The maximum Gasteiger partial charge on any atom is 0.252 e. The molecular weight excluding hydrogens is 242 g/mol. The first-order valence-electron chi connectivity index (χ1n) is 6.69. The minimum atomic E-state index is -0.152. The third-order valence-electron chi connectivity index (χ3n) is 4.13. The molecule has 0 unspecified atom stereocenters. The average molecular weight is 259 g/mol. The Morgan fingerprint density at radius 1 is 1.26 bits per heavy atom. The molecule has 4 nitrogen and oxygen atoms in total. The lowest BCUT2D eigenvalue weighted by Gasteiger charge is -2.39. The van der Waals surface area contributed by atoms with E-state index in [0.717, 1.165) is 19.4 Å². The highest BCUT2D eigenvalue weighted by atomic mass is 16.5. The number of amides is 1. The Morgan fingerprint density at radius 2 is 2.00 bits per heavy atom. The van der Waals surface area contributed by atoms with Crippen molar-refractivity contribution in [1.29, 1.82) is 0 Å². The molecule has 0 spiro atoms. The maximum absolute atomic E-state index is 12.3. The van der Waals surface area contributed by atoms with Crippen molar-refractivity contribution in [2.45, 2.75) is 31.9 Å². The van der Waals surface area contributed by atoms with E-state index in [-0.39, 0.29) is 17.7 Å². The molecule has 1 N–H and O–H groups in total. The van der Waals surface area contributed by atoms with Gasteiger partial charge in [-0.1, -0.05) is 18.2 Å². The lowest BCUT2D eigenvalue weighted by Crippen LogP contribution is -2.53. The number of nitrogens with one attached hydrogen (secondary N) is 1. The van der Waals surface area contributed by atoms with Crippen molar-refractivity contribution < 1.29 is 14.3 Å². The lowest BCUT2D eigenvalue weighted by atomic mass is 9.76. The van der Waals surface area contributed by atoms with Crippen molar-refractivity contribution >= 4 is 11.7 Å². The van der Waals surface area contributed by atoms with Gasteiger partial charge in [-0.25, -0.2) is 0 Å². The van der Waals surface area contributed by atoms with E-state index in [1.54, 1.807) is 24.3 Å². The Morgan fingerprint density at radius 3 is 2.68 bits per heavy atom. The summed E-state index contributed by atoms with van der Waals surface area (Å²) in [4.78, 5) is 23.8. The van der Waals surface area contributed by atoms with Gasteiger partial charge < -0.3 is 10.1 Å². The van der Waals surface area contributed by atoms with Gasteiger partial charge in [0, 0.05) is 24.1 Å². The van der Waals surface area contributed by atoms with Crippen LogP contribution >= 0.6 is 0 Å². The van der Waals surface area contributed by atoms with Crippen molar-refractivity contribution in [2.24, 2.45) is 5.92 Å². The number of benzene rings is 1. The predicted molar refractivity (Wildman–Crippen MR) is 70.2 cm³/mol. The second kappa shape index (κ2) is 4.78. The molecule has 1 aromatic rings. The molecule has 0 bridgehead atoms. The van der Waals surface area contributed by atoms with Gasteiger partial charge in [-0.05, 0) is 25.8 Å². The first-order chi connectivity index (χ1) is 9.16. The van der Waals surface area contributed by atoms with Crippen LogP contribution in [0.3, 0.4) is 0 Å². The van der Waals surface area contributed by atoms with Crippen LogP contribution in [0.1, 0.15) is 40.5 Å². The SMILES string of the molecule is CC(=O)c1ccccc1C(=O)N[C@@H]1C[C@H]2OCC[C@@H]12. The summed E-state index contributed by atoms with van der Waals surface area (Å²) in [6.07, 6.45) is 2.23. The summed E-state index contributed by atoms with van der Waals surface area (Å²) in [5, 5.41) is 3.03. The molecule has 100 valence electrons. The molecule has 0 aromatic heterocycles. The number of Topliss-reactive ketones (excluding diaryl/α,β-unsaturated/α-hetero) is 1. The summed E-state index contributed by atoms with van der Waals surface area (Å²) in [6, 6.07) is 7.15. The first-order valence-corrected chi connectivity index (χ1v) is 6.69. The van der Waals surface area contributed by atoms with E-state index >= 15 is 0 Å². The first kappa shape index (κ1) is 12.4. The van der Waals surface area contributed by atoms with Crippen LogP contribution in [0.5, 0.6) is 0 Å². The summed E-state index contributed by atoms with van der Waals surface area (Å²) in [6.45, 7) is 2.28. The van der Waals surface area contributed by atoms with Crippen LogP contribution < -0.4 is 5.32 Å². The van der Waals surface area contributed by atoms with Gasteiger partial charge >= 0.3 is 0 Å². The highest BCUT2D eigenvalue weighted by molar-refractivity contribution is 6.07. The van der Waals surface area contributed by atoms with E-state index in [9.17, 15) is 9.59 Å². The summed E-state index contributed by atoms with van der Waals surface area (Å²) in [5.74, 6) is 0.219. The fourth-order valence-electron chi connectivity index (χ4n) is 3.00. The molecule has 1 saturated heterocycles. The number of carbonyl (C=O) groups excluding carboxylic acids is 2. The maximum atomic E-state index is 12.3. The molecule has 3 atom stereocenters. The average Bonchev–Trinajstić information content (AvgIpc) is 2.77. The fraction of sp³-hybridized carbons (Fsp3) is 0.467. The van der Waals surface area contributed by atoms with Crippen LogP contribution in [0.15, 0.2) is 24.3 Å². The number of ether oxygens (including phenoxy) is 1. The normalized spacial score (nSPS) is 28.4. The summed E-state index contributed by atoms with van der Waals surface area (Å²) in [7, 11) is 0. The molecule has 1 aromatic carbocycles. The number of carbonyl (C=O) groups is 2. The molecule has 0 radical (unpaired) electrons. The van der Waals surface area contributed by atoms with Gasteiger partial charge in [0.1, 0.15) is 0 Å². The van der Waals surface area contributed by atoms with Crippen LogP contribution in [0.2, 0.25) is 0 Å². The molecule has 1 saturated carbocycles. The van der Waals surface area contributed by atoms with Gasteiger partial charge in [-0.3, -0.25) is 9.59 Å². The Labute approximate surface area is 112 Å². The van der Waals surface area contributed by atoms with E-state index in [2.05, 4.69) is 5.32 Å². The third-order valence-corrected chi connectivity index (χ3v) is 4.13. The molecule has 1 aliphatic heterocycles. The van der Waals surface area contributed by atoms with Crippen molar-refractivity contribution in [3.63, 3.8) is 0 Å². The molecule has 1 aliphatic carbocycles. The summed E-state index contributed by atoms with van der Waals surface area (Å²) in [5.41, 5.74) is 0.955. The van der Waals surface area contributed by atoms with E-state index in [1.807, 2.05) is 0 Å². The quantitative estimate of drug-likeness (QED) is 0.842. The number of fused-ring (bicyclic) bond motifs is 1. The topological polar surface area (TPSA) is 55.4 Å². The minimum absolute atomic E-state index is 0.0820. The van der Waals surface area contributed by atoms with Crippen molar-refractivity contribution in [3.05, 3.63) is 35.4 Å². The molecule has 1 heterocycles. The second-order valence-corrected chi connectivity index (χ2v) is 5.28. The highest BCUT2D eigenvalue weighted by Crippen LogP contribution is 2.38. The smallest absolute Gasteiger partial charge is 0.252 e. The van der Waals surface area contributed by atoms with Crippen molar-refractivity contribution in [1.82, 2.24) is 5.32 Å². The number of hydrogen-bond donors (Lipinski definition) is 1. The van der Waals surface area contributed by atoms with E-state index in [4.69, 9.17) is 4.74 Å². The van der Waals surface area contributed by atoms with E-state index in [0.29, 0.717) is 23.1 Å². The fourth-order valence-corrected chi connectivity index (χ4v) is 3.00. The Bertz CT molecular complexity index is 526. The lowest BCUT2D eigenvalue weighted by molar-refractivity contribution is 0.00807. The van der Waals surface area contributed by atoms with Crippen LogP contribution in [-0.2, 0) is 4.74 Å². The summed E-state index contributed by atoms with van der Waals surface area (Å²) >= 11 is 0. The Hall–Kier alpha value is -1.68. The van der Waals surface area contributed by atoms with E-state index in [1.165, 1.54) is 6.92 Å². The predicted octanol–water partition coefficient (Wildman–Crippen LogP) is 1.80. The van der Waals surface area contributed by atoms with Gasteiger partial charge in [0.15, 0.2) is 5.78 Å². The molecule has 19 heavy (non-hydrogen) atoms. The van der Waals surface area contributed by atoms with Crippen LogP contribution in [0.4, 0.5) is 0 Å². The third kappa shape index (κ3) is 2.16. The van der Waals surface area contributed by atoms with E-state index < -0.39 is 0 Å². The largest absolute Gasteiger partial charge is 0.378 e. The molecule has 4 heteroatoms. The van der Waals surface area contributed by atoms with Crippen molar-refractivity contribution in [3.8, 4) is 0 Å². The van der Waals surface area contributed by atoms with Crippen molar-refractivity contribution in [2.75, 3.05) is 6.61 Å². The standard InChI is InChI=1S/C15H17NO3/c1-9(17)10-4-2-3-5-11(10)15(18)16-13-8-14-12(13)6-7-19-14/h2-5,12-14H,6-8H2,1H3,(H,16,18)/t12-,13+,14+/m0/s1. The van der Waals surface area contributed by atoms with Crippen LogP contribution in [0.25, 0.3) is 0 Å². The zero-order chi connectivity index (χ0) is 13.4. The van der Waals surface area contributed by atoms with Crippen LogP contribution in [-0.4, -0.2) is 30.4 Å². The molecule has 2 aliphatic rings. The zero-order valence-corrected chi connectivity index (χ0v) is 10.9. The second-order valence-electron chi connectivity index (χ2n) is 5.28. The van der Waals surface area contributed by atoms with Gasteiger partial charge in [0.2, 0.25) is 0 Å². The minimum Gasteiger partial charge on any atom is -0.378 e. The molecular formula is C15H17NO3. The number of rotatable bonds is 3. The Kier molecular flexibility index (Phi) is 3.11. The number of ketones is 1. The molecule has 2 fully saturated rings. The Balaban J connectivity index is 1.72. The molecule has 3 rings (SSSR count). The molecule has 1 amide bonds. The zero-order valence-electron chi connectivity index (χ0n) is 10.9. The monoisotopic (exact) mass is 259 g/mol. The van der Waals surface area contributed by atoms with Gasteiger partial charge in [-0.2, -0.15) is 0 Å². The van der Waals surface area contributed by atoms with Gasteiger partial charge in [0.05, 0.1) is 11.7 Å². The van der Waals surface area contributed by atoms with Gasteiger partial charge in [0.25, 0.3) is 5.91 Å². The summed E-state index contributed by atoms with van der Waals surface area (Å²) < 4.78 is 5.53. The van der Waals surface area contributed by atoms with Crippen LogP contribution in [0, 0.1) is 5.92 Å². The highest BCUT2D eigenvalue weighted by Gasteiger charge is 2.45. The number of hydrogen-bond acceptors (Lipinski definition) is 3.